The van der Waals surface area contributed by atoms with E-state index in [0.29, 0.717) is 50.7 Å². The van der Waals surface area contributed by atoms with Crippen LogP contribution < -0.4 is 10.2 Å². The van der Waals surface area contributed by atoms with Gasteiger partial charge in [0.1, 0.15) is 5.82 Å². The van der Waals surface area contributed by atoms with Crippen molar-refractivity contribution in [3.05, 3.63) is 36.1 Å². The number of carbonyl (C=O) groups excluding carboxylic acids is 2. The zero-order valence-electron chi connectivity index (χ0n) is 17.9. The zero-order chi connectivity index (χ0) is 21.6. The van der Waals surface area contributed by atoms with Crippen molar-refractivity contribution in [3.8, 4) is 0 Å². The van der Waals surface area contributed by atoms with Gasteiger partial charge in [-0.1, -0.05) is 11.2 Å². The molecule has 0 aromatic carbocycles. The lowest BCUT2D eigenvalue weighted by molar-refractivity contribution is -0.131. The number of pyridine rings is 1. The summed E-state index contributed by atoms with van der Waals surface area (Å²) in [6, 6.07) is 5.59. The summed E-state index contributed by atoms with van der Waals surface area (Å²) in [5, 5.41) is 6.91. The quantitative estimate of drug-likeness (QED) is 0.746. The molecule has 31 heavy (non-hydrogen) atoms. The van der Waals surface area contributed by atoms with Gasteiger partial charge in [0.25, 0.3) is 0 Å². The number of amides is 3. The van der Waals surface area contributed by atoms with Gasteiger partial charge >= 0.3 is 6.03 Å². The monoisotopic (exact) mass is 427 g/mol. The molecule has 10 nitrogen and oxygen atoms in total. The van der Waals surface area contributed by atoms with Crippen LogP contribution in [0, 0.1) is 0 Å². The highest BCUT2D eigenvalue weighted by molar-refractivity contribution is 5.76. The first kappa shape index (κ1) is 21.1. The molecule has 0 saturated carbocycles. The summed E-state index contributed by atoms with van der Waals surface area (Å²) in [6.45, 7) is 6.05. The Kier molecular flexibility index (Phi) is 6.63. The molecule has 0 spiro atoms. The number of aryl methyl sites for hydroxylation is 1. The van der Waals surface area contributed by atoms with E-state index in [1.165, 1.54) is 0 Å². The smallest absolute Gasteiger partial charge is 0.318 e. The lowest BCUT2D eigenvalue weighted by atomic mass is 10.2. The van der Waals surface area contributed by atoms with E-state index in [1.54, 1.807) is 11.1 Å². The van der Waals surface area contributed by atoms with Crippen LogP contribution in [0.5, 0.6) is 0 Å². The van der Waals surface area contributed by atoms with E-state index in [1.807, 2.05) is 30.0 Å². The van der Waals surface area contributed by atoms with E-state index < -0.39 is 0 Å². The van der Waals surface area contributed by atoms with Crippen LogP contribution in [0.25, 0.3) is 0 Å². The highest BCUT2D eigenvalue weighted by Crippen LogP contribution is 2.30. The molecule has 0 bridgehead atoms. The topological polar surface area (TPSA) is 108 Å². The van der Waals surface area contributed by atoms with Gasteiger partial charge < -0.3 is 24.5 Å². The third-order valence-corrected chi connectivity index (χ3v) is 5.78. The van der Waals surface area contributed by atoms with Gasteiger partial charge in [0.2, 0.25) is 11.8 Å². The highest BCUT2D eigenvalue weighted by Gasteiger charge is 2.33. The van der Waals surface area contributed by atoms with Gasteiger partial charge in [0.05, 0.1) is 6.04 Å². The van der Waals surface area contributed by atoms with Crippen LogP contribution in [0.1, 0.15) is 43.9 Å². The molecule has 1 atom stereocenters. The molecule has 2 aliphatic rings. The van der Waals surface area contributed by atoms with E-state index in [0.717, 1.165) is 31.7 Å². The fraction of sp³-hybridized carbons (Fsp3) is 0.571. The number of rotatable bonds is 6. The van der Waals surface area contributed by atoms with Gasteiger partial charge in [-0.15, -0.1) is 0 Å². The van der Waals surface area contributed by atoms with E-state index >= 15 is 0 Å². The van der Waals surface area contributed by atoms with Crippen molar-refractivity contribution >= 4 is 17.8 Å². The summed E-state index contributed by atoms with van der Waals surface area (Å²) in [5.41, 5.74) is 0. The maximum absolute atomic E-state index is 12.6. The normalized spacial score (nSPS) is 19.0. The number of urea groups is 1. The Balaban J connectivity index is 1.26. The number of hydrogen-bond donors (Lipinski definition) is 1. The molecule has 1 unspecified atom stereocenters. The van der Waals surface area contributed by atoms with Crippen LogP contribution in [-0.4, -0.2) is 76.1 Å². The first-order valence-corrected chi connectivity index (χ1v) is 11.0. The summed E-state index contributed by atoms with van der Waals surface area (Å²) >= 11 is 0. The summed E-state index contributed by atoms with van der Waals surface area (Å²) in [4.78, 5) is 39.5. The fourth-order valence-corrected chi connectivity index (χ4v) is 4.13. The van der Waals surface area contributed by atoms with Crippen LogP contribution >= 0.6 is 0 Å². The van der Waals surface area contributed by atoms with Gasteiger partial charge in [0, 0.05) is 58.3 Å². The van der Waals surface area contributed by atoms with Gasteiger partial charge in [0.15, 0.2) is 5.82 Å². The Morgan fingerprint density at radius 3 is 2.77 bits per heavy atom. The third-order valence-electron chi connectivity index (χ3n) is 5.78. The van der Waals surface area contributed by atoms with Crippen LogP contribution in [-0.2, 0) is 11.2 Å². The minimum atomic E-state index is -0.167. The predicted octanol–water partition coefficient (Wildman–Crippen LogP) is 1.61. The number of aromatic nitrogens is 3. The molecule has 1 N–H and O–H groups in total. The summed E-state index contributed by atoms with van der Waals surface area (Å²) in [7, 11) is 0. The number of nitrogens with zero attached hydrogens (tertiary/aromatic N) is 6. The van der Waals surface area contributed by atoms with Crippen molar-refractivity contribution in [1.82, 2.24) is 30.2 Å². The molecule has 3 amide bonds. The SMILES string of the molecule is CCNC(=O)N1CCCC1c1noc(CCC(=O)N2CCN(c3ccccn3)CC2)n1. The molecular formula is C21H29N7O3. The zero-order valence-corrected chi connectivity index (χ0v) is 17.9. The molecule has 2 aliphatic heterocycles. The number of hydrogen-bond acceptors (Lipinski definition) is 7. The second-order valence-corrected chi connectivity index (χ2v) is 7.79. The average Bonchev–Trinajstić information content (AvgIpc) is 3.48. The molecule has 10 heteroatoms. The van der Waals surface area contributed by atoms with E-state index in [-0.39, 0.29) is 18.0 Å². The lowest BCUT2D eigenvalue weighted by Crippen LogP contribution is -2.49. The van der Waals surface area contributed by atoms with Crippen LogP contribution in [0.4, 0.5) is 10.6 Å². The minimum absolute atomic E-state index is 0.0882. The second kappa shape index (κ2) is 9.76. The minimum Gasteiger partial charge on any atom is -0.353 e. The van der Waals surface area contributed by atoms with E-state index in [9.17, 15) is 9.59 Å². The molecule has 2 saturated heterocycles. The molecule has 2 fully saturated rings. The van der Waals surface area contributed by atoms with Gasteiger partial charge in [-0.2, -0.15) is 4.98 Å². The average molecular weight is 428 g/mol. The van der Waals surface area contributed by atoms with Crippen molar-refractivity contribution in [1.29, 1.82) is 0 Å². The van der Waals surface area contributed by atoms with Crippen LogP contribution in [0.3, 0.4) is 0 Å². The number of carbonyl (C=O) groups is 2. The van der Waals surface area contributed by atoms with Gasteiger partial charge in [-0.3, -0.25) is 4.79 Å². The second-order valence-electron chi connectivity index (χ2n) is 7.79. The molecule has 4 rings (SSSR count). The predicted molar refractivity (Wildman–Crippen MR) is 113 cm³/mol. The first-order chi connectivity index (χ1) is 15.2. The molecule has 2 aromatic heterocycles. The summed E-state index contributed by atoms with van der Waals surface area (Å²) < 4.78 is 5.37. The molecule has 166 valence electrons. The highest BCUT2D eigenvalue weighted by atomic mass is 16.5. The van der Waals surface area contributed by atoms with Crippen molar-refractivity contribution in [2.45, 2.75) is 38.6 Å². The van der Waals surface area contributed by atoms with Crippen molar-refractivity contribution < 1.29 is 14.1 Å². The Hall–Kier alpha value is -3.17. The Labute approximate surface area is 181 Å². The van der Waals surface area contributed by atoms with E-state index in [4.69, 9.17) is 4.52 Å². The Morgan fingerprint density at radius 2 is 2.03 bits per heavy atom. The molecule has 2 aromatic rings. The maximum Gasteiger partial charge on any atom is 0.318 e. The number of nitrogens with one attached hydrogen (secondary N) is 1. The maximum atomic E-state index is 12.6. The molecule has 4 heterocycles. The number of likely N-dealkylation sites (tertiary alicyclic amines) is 1. The summed E-state index contributed by atoms with van der Waals surface area (Å²) in [5.74, 6) is 2.00. The fourth-order valence-electron chi connectivity index (χ4n) is 4.13. The molecule has 0 radical (unpaired) electrons. The summed E-state index contributed by atoms with van der Waals surface area (Å²) in [6.07, 6.45) is 4.24. The number of piperazine rings is 1. The lowest BCUT2D eigenvalue weighted by Gasteiger charge is -2.35. The Bertz CT molecular complexity index is 880. The molecular weight excluding hydrogens is 398 g/mol. The Morgan fingerprint density at radius 1 is 1.19 bits per heavy atom. The first-order valence-electron chi connectivity index (χ1n) is 11.0. The largest absolute Gasteiger partial charge is 0.353 e. The van der Waals surface area contributed by atoms with E-state index in [2.05, 4.69) is 25.3 Å². The molecule has 0 aliphatic carbocycles. The van der Waals surface area contributed by atoms with Gasteiger partial charge in [-0.05, 0) is 31.9 Å². The van der Waals surface area contributed by atoms with Crippen molar-refractivity contribution in [3.63, 3.8) is 0 Å². The number of anilines is 1. The van der Waals surface area contributed by atoms with Crippen LogP contribution in [0.2, 0.25) is 0 Å². The van der Waals surface area contributed by atoms with Crippen molar-refractivity contribution in [2.24, 2.45) is 0 Å². The van der Waals surface area contributed by atoms with Crippen LogP contribution in [0.15, 0.2) is 28.9 Å². The van der Waals surface area contributed by atoms with Crippen molar-refractivity contribution in [2.75, 3.05) is 44.2 Å². The standard InChI is InChI=1S/C21H29N7O3/c1-2-22-21(30)28-11-5-6-16(28)20-24-18(31-25-20)8-9-19(29)27-14-12-26(13-15-27)17-7-3-4-10-23-17/h3-4,7,10,16H,2,5-6,8-9,11-15H2,1H3,(H,22,30). The van der Waals surface area contributed by atoms with Gasteiger partial charge in [-0.25, -0.2) is 9.78 Å². The third kappa shape index (κ3) is 4.95.